The van der Waals surface area contributed by atoms with Gasteiger partial charge in [0.05, 0.1) is 11.7 Å². The fraction of sp³-hybridized carbons (Fsp3) is 0.154. The Hall–Kier alpha value is -1.74. The van der Waals surface area contributed by atoms with E-state index in [2.05, 4.69) is 4.98 Å². The molecule has 2 nitrogen and oxygen atoms in total. The van der Waals surface area contributed by atoms with Crippen LogP contribution in [-0.2, 0) is 0 Å². The molecule has 0 fully saturated rings. The van der Waals surface area contributed by atoms with Crippen molar-refractivity contribution < 1.29 is 4.39 Å². The molecule has 0 saturated heterocycles. The van der Waals surface area contributed by atoms with E-state index in [0.717, 1.165) is 11.1 Å². The van der Waals surface area contributed by atoms with Crippen LogP contribution in [0.4, 0.5) is 4.39 Å². The first kappa shape index (κ1) is 10.8. The lowest BCUT2D eigenvalue weighted by atomic mass is 9.99. The largest absolute Gasteiger partial charge is 0.319 e. The zero-order valence-corrected chi connectivity index (χ0v) is 9.02. The molecule has 0 aliphatic rings. The van der Waals surface area contributed by atoms with Gasteiger partial charge in [0.1, 0.15) is 5.82 Å². The van der Waals surface area contributed by atoms with E-state index in [-0.39, 0.29) is 11.5 Å². The molecule has 0 spiro atoms. The molecule has 0 saturated carbocycles. The molecule has 0 amide bonds. The standard InChI is InChI=1S/C13H13FN2/c1-9-5-2-3-6-10(9)12(15)13-11(14)7-4-8-16-13/h2-8,12H,15H2,1H3. The van der Waals surface area contributed by atoms with Crippen LogP contribution in [0.5, 0.6) is 0 Å². The first-order valence-electron chi connectivity index (χ1n) is 5.11. The molecule has 1 aromatic heterocycles. The Morgan fingerprint density at radius 1 is 1.19 bits per heavy atom. The molecule has 82 valence electrons. The second-order valence-electron chi connectivity index (χ2n) is 3.70. The molecular formula is C13H13FN2. The van der Waals surface area contributed by atoms with Crippen molar-refractivity contribution >= 4 is 0 Å². The molecule has 0 aliphatic heterocycles. The molecule has 1 heterocycles. The Kier molecular flexibility index (Phi) is 2.97. The van der Waals surface area contributed by atoms with E-state index in [0.29, 0.717) is 0 Å². The van der Waals surface area contributed by atoms with Gasteiger partial charge in [0.2, 0.25) is 0 Å². The third kappa shape index (κ3) is 1.95. The van der Waals surface area contributed by atoms with Crippen LogP contribution in [0.15, 0.2) is 42.6 Å². The SMILES string of the molecule is Cc1ccccc1C(N)c1ncccc1F. The average molecular weight is 216 g/mol. The van der Waals surface area contributed by atoms with E-state index in [1.165, 1.54) is 6.07 Å². The van der Waals surface area contributed by atoms with Gasteiger partial charge in [0.25, 0.3) is 0 Å². The predicted octanol–water partition coefficient (Wildman–Crippen LogP) is 2.58. The second-order valence-corrected chi connectivity index (χ2v) is 3.70. The summed E-state index contributed by atoms with van der Waals surface area (Å²) in [4.78, 5) is 4.00. The molecule has 3 heteroatoms. The number of aryl methyl sites for hydroxylation is 1. The van der Waals surface area contributed by atoms with Gasteiger partial charge < -0.3 is 5.73 Å². The lowest BCUT2D eigenvalue weighted by Crippen LogP contribution is -2.16. The van der Waals surface area contributed by atoms with Crippen LogP contribution in [0.3, 0.4) is 0 Å². The van der Waals surface area contributed by atoms with Gasteiger partial charge in [0.15, 0.2) is 0 Å². The molecule has 2 N–H and O–H groups in total. The number of nitrogens with two attached hydrogens (primary N) is 1. The fourth-order valence-electron chi connectivity index (χ4n) is 1.71. The van der Waals surface area contributed by atoms with Gasteiger partial charge in [-0.1, -0.05) is 24.3 Å². The summed E-state index contributed by atoms with van der Waals surface area (Å²) in [6.45, 7) is 1.95. The van der Waals surface area contributed by atoms with Gasteiger partial charge in [0, 0.05) is 6.20 Å². The zero-order valence-electron chi connectivity index (χ0n) is 9.02. The minimum Gasteiger partial charge on any atom is -0.319 e. The van der Waals surface area contributed by atoms with Crippen molar-refractivity contribution in [3.63, 3.8) is 0 Å². The van der Waals surface area contributed by atoms with Crippen molar-refractivity contribution in [2.24, 2.45) is 5.73 Å². The predicted molar refractivity (Wildman–Crippen MR) is 61.4 cm³/mol. The summed E-state index contributed by atoms with van der Waals surface area (Å²) in [5, 5.41) is 0. The number of rotatable bonds is 2. The number of hydrogen-bond donors (Lipinski definition) is 1. The Morgan fingerprint density at radius 3 is 2.62 bits per heavy atom. The summed E-state index contributed by atoms with van der Waals surface area (Å²) in [6, 6.07) is 10.1. The maximum atomic E-state index is 13.5. The topological polar surface area (TPSA) is 38.9 Å². The van der Waals surface area contributed by atoms with Gasteiger partial charge in [-0.25, -0.2) is 4.39 Å². The molecule has 16 heavy (non-hydrogen) atoms. The van der Waals surface area contributed by atoms with Gasteiger partial charge in [-0.15, -0.1) is 0 Å². The van der Waals surface area contributed by atoms with E-state index in [9.17, 15) is 4.39 Å². The number of aromatic nitrogens is 1. The Morgan fingerprint density at radius 2 is 1.94 bits per heavy atom. The maximum Gasteiger partial charge on any atom is 0.146 e. The molecule has 2 aromatic rings. The lowest BCUT2D eigenvalue weighted by molar-refractivity contribution is 0.586. The lowest BCUT2D eigenvalue weighted by Gasteiger charge is -2.14. The third-order valence-corrected chi connectivity index (χ3v) is 2.61. The van der Waals surface area contributed by atoms with Crippen LogP contribution >= 0.6 is 0 Å². The van der Waals surface area contributed by atoms with Gasteiger partial charge >= 0.3 is 0 Å². The normalized spacial score (nSPS) is 12.4. The number of pyridine rings is 1. The average Bonchev–Trinajstić information content (AvgIpc) is 2.29. The summed E-state index contributed by atoms with van der Waals surface area (Å²) in [5.74, 6) is -0.363. The van der Waals surface area contributed by atoms with Crippen LogP contribution in [0.1, 0.15) is 22.9 Å². The number of halogens is 1. The molecule has 0 radical (unpaired) electrons. The van der Waals surface area contributed by atoms with Crippen molar-refractivity contribution in [3.8, 4) is 0 Å². The van der Waals surface area contributed by atoms with Crippen molar-refractivity contribution in [1.82, 2.24) is 4.98 Å². The highest BCUT2D eigenvalue weighted by molar-refractivity contribution is 5.34. The smallest absolute Gasteiger partial charge is 0.146 e. The first-order chi connectivity index (χ1) is 7.70. The van der Waals surface area contributed by atoms with Crippen molar-refractivity contribution in [2.75, 3.05) is 0 Å². The van der Waals surface area contributed by atoms with E-state index in [1.807, 2.05) is 31.2 Å². The Labute approximate surface area is 93.9 Å². The van der Waals surface area contributed by atoms with E-state index in [4.69, 9.17) is 5.73 Å². The molecule has 2 rings (SSSR count). The molecular weight excluding hydrogens is 203 g/mol. The molecule has 0 bridgehead atoms. The molecule has 1 unspecified atom stereocenters. The summed E-state index contributed by atoms with van der Waals surface area (Å²) in [7, 11) is 0. The summed E-state index contributed by atoms with van der Waals surface area (Å²) >= 11 is 0. The minimum absolute atomic E-state index is 0.289. The van der Waals surface area contributed by atoms with Crippen molar-refractivity contribution in [2.45, 2.75) is 13.0 Å². The van der Waals surface area contributed by atoms with E-state index >= 15 is 0 Å². The van der Waals surface area contributed by atoms with Gasteiger partial charge in [-0.3, -0.25) is 4.98 Å². The minimum atomic E-state index is -0.512. The highest BCUT2D eigenvalue weighted by atomic mass is 19.1. The Balaban J connectivity index is 2.44. The number of hydrogen-bond acceptors (Lipinski definition) is 2. The number of nitrogens with zero attached hydrogens (tertiary/aromatic N) is 1. The number of benzene rings is 1. The van der Waals surface area contributed by atoms with E-state index < -0.39 is 6.04 Å². The maximum absolute atomic E-state index is 13.5. The molecule has 1 aromatic carbocycles. The van der Waals surface area contributed by atoms with Gasteiger partial charge in [-0.05, 0) is 30.2 Å². The summed E-state index contributed by atoms with van der Waals surface area (Å²) in [6.07, 6.45) is 1.55. The summed E-state index contributed by atoms with van der Waals surface area (Å²) < 4.78 is 13.5. The van der Waals surface area contributed by atoms with Crippen LogP contribution in [-0.4, -0.2) is 4.98 Å². The second kappa shape index (κ2) is 4.41. The molecule has 1 atom stereocenters. The highest BCUT2D eigenvalue weighted by Gasteiger charge is 2.15. The van der Waals surface area contributed by atoms with Crippen molar-refractivity contribution in [1.29, 1.82) is 0 Å². The summed E-state index contributed by atoms with van der Waals surface area (Å²) in [5.41, 5.74) is 8.25. The van der Waals surface area contributed by atoms with E-state index in [1.54, 1.807) is 12.3 Å². The third-order valence-electron chi connectivity index (χ3n) is 2.61. The van der Waals surface area contributed by atoms with Crippen LogP contribution in [0, 0.1) is 12.7 Å². The first-order valence-corrected chi connectivity index (χ1v) is 5.11. The van der Waals surface area contributed by atoms with Crippen molar-refractivity contribution in [3.05, 3.63) is 65.2 Å². The van der Waals surface area contributed by atoms with Crippen LogP contribution < -0.4 is 5.73 Å². The van der Waals surface area contributed by atoms with Crippen LogP contribution in [0.2, 0.25) is 0 Å². The quantitative estimate of drug-likeness (QED) is 0.838. The monoisotopic (exact) mass is 216 g/mol. The fourth-order valence-corrected chi connectivity index (χ4v) is 1.71. The highest BCUT2D eigenvalue weighted by Crippen LogP contribution is 2.22. The Bertz CT molecular complexity index is 451. The van der Waals surface area contributed by atoms with Crippen LogP contribution in [0.25, 0.3) is 0 Å². The molecule has 0 aliphatic carbocycles. The zero-order chi connectivity index (χ0) is 11.5. The van der Waals surface area contributed by atoms with Gasteiger partial charge in [-0.2, -0.15) is 0 Å².